The highest BCUT2D eigenvalue weighted by atomic mass is 32.1. The van der Waals surface area contributed by atoms with Gasteiger partial charge in [0.15, 0.2) is 5.69 Å². The van der Waals surface area contributed by atoms with Crippen molar-refractivity contribution >= 4 is 23.2 Å². The number of aromatic nitrogens is 1. The molecule has 1 aromatic rings. The van der Waals surface area contributed by atoms with Gasteiger partial charge in [-0.2, -0.15) is 0 Å². The third-order valence-electron chi connectivity index (χ3n) is 2.28. The molecule has 0 atom stereocenters. The van der Waals surface area contributed by atoms with Crippen LogP contribution in [-0.4, -0.2) is 49.1 Å². The minimum atomic E-state index is -0.469. The lowest BCUT2D eigenvalue weighted by Gasteiger charge is -2.18. The molecule has 0 fully saturated rings. The molecule has 0 aliphatic heterocycles. The van der Waals surface area contributed by atoms with Crippen LogP contribution in [0.25, 0.3) is 0 Å². The third-order valence-corrected chi connectivity index (χ3v) is 3.12. The van der Waals surface area contributed by atoms with Crippen molar-refractivity contribution in [2.45, 2.75) is 13.5 Å². The monoisotopic (exact) mass is 272 g/mol. The summed E-state index contributed by atoms with van der Waals surface area (Å²) in [7, 11) is 2.89. The van der Waals surface area contributed by atoms with Gasteiger partial charge >= 0.3 is 5.97 Å². The van der Waals surface area contributed by atoms with E-state index in [1.54, 1.807) is 17.4 Å². The number of hydrogen-bond donors (Lipinski definition) is 0. The summed E-state index contributed by atoms with van der Waals surface area (Å²) in [6.07, 6.45) is 0. The predicted molar refractivity (Wildman–Crippen MR) is 66.4 cm³/mol. The average Bonchev–Trinajstić information content (AvgIpc) is 2.81. The van der Waals surface area contributed by atoms with Crippen molar-refractivity contribution in [2.75, 3.05) is 27.4 Å². The van der Waals surface area contributed by atoms with Gasteiger partial charge in [-0.15, -0.1) is 11.3 Å². The second-order valence-electron chi connectivity index (χ2n) is 3.55. The highest BCUT2D eigenvalue weighted by Crippen LogP contribution is 2.13. The fourth-order valence-corrected chi connectivity index (χ4v) is 2.07. The maximum absolute atomic E-state index is 11.4. The molecule has 0 spiro atoms. The summed E-state index contributed by atoms with van der Waals surface area (Å²) < 4.78 is 9.51. The van der Waals surface area contributed by atoms with Crippen LogP contribution in [0.5, 0.6) is 0 Å². The minimum absolute atomic E-state index is 0.0538. The van der Waals surface area contributed by atoms with Crippen LogP contribution in [0.3, 0.4) is 0 Å². The van der Waals surface area contributed by atoms with Crippen LogP contribution < -0.4 is 0 Å². The smallest absolute Gasteiger partial charge is 0.357 e. The second-order valence-corrected chi connectivity index (χ2v) is 4.49. The zero-order valence-corrected chi connectivity index (χ0v) is 11.5. The molecule has 0 bridgehead atoms. The molecule has 0 N–H and O–H groups in total. The van der Waals surface area contributed by atoms with Gasteiger partial charge in [-0.05, 0) is 0 Å². The molecule has 1 aromatic heterocycles. The van der Waals surface area contributed by atoms with Gasteiger partial charge in [-0.25, -0.2) is 9.78 Å². The van der Waals surface area contributed by atoms with Crippen LogP contribution in [-0.2, 0) is 20.8 Å². The standard InChI is InChI=1S/C11H16N2O4S/c1-8(14)13(4-5-16-2)6-10-12-9(7-18-10)11(15)17-3/h7H,4-6H2,1-3H3. The van der Waals surface area contributed by atoms with Crippen molar-refractivity contribution in [3.05, 3.63) is 16.1 Å². The number of esters is 1. The highest BCUT2D eigenvalue weighted by molar-refractivity contribution is 7.09. The first-order chi connectivity index (χ1) is 8.58. The van der Waals surface area contributed by atoms with E-state index in [9.17, 15) is 9.59 Å². The Hall–Kier alpha value is -1.47. The average molecular weight is 272 g/mol. The normalized spacial score (nSPS) is 10.2. The summed E-state index contributed by atoms with van der Waals surface area (Å²) in [6, 6.07) is 0. The SMILES string of the molecule is COCCN(Cc1nc(C(=O)OC)cs1)C(C)=O. The summed E-state index contributed by atoms with van der Waals surface area (Å²) in [5.74, 6) is -0.523. The van der Waals surface area contributed by atoms with Gasteiger partial charge < -0.3 is 14.4 Å². The molecule has 0 unspecified atom stereocenters. The van der Waals surface area contributed by atoms with E-state index in [0.717, 1.165) is 0 Å². The number of ether oxygens (including phenoxy) is 2. The predicted octanol–water partition coefficient (Wildman–Crippen LogP) is 0.925. The Balaban J connectivity index is 2.66. The van der Waals surface area contributed by atoms with E-state index in [1.807, 2.05) is 0 Å². The topological polar surface area (TPSA) is 68.7 Å². The fraction of sp³-hybridized carbons (Fsp3) is 0.545. The van der Waals surface area contributed by atoms with Crippen molar-refractivity contribution in [3.8, 4) is 0 Å². The fourth-order valence-electron chi connectivity index (χ4n) is 1.29. The largest absolute Gasteiger partial charge is 0.464 e. The zero-order valence-electron chi connectivity index (χ0n) is 10.6. The van der Waals surface area contributed by atoms with Crippen LogP contribution in [0, 0.1) is 0 Å². The number of thiazole rings is 1. The summed E-state index contributed by atoms with van der Waals surface area (Å²) in [5, 5.41) is 2.32. The molecule has 0 aliphatic rings. The first-order valence-corrected chi connectivity index (χ1v) is 6.23. The van der Waals surface area contributed by atoms with E-state index < -0.39 is 5.97 Å². The van der Waals surface area contributed by atoms with Crippen molar-refractivity contribution in [1.29, 1.82) is 0 Å². The molecule has 0 saturated heterocycles. The summed E-state index contributed by atoms with van der Waals surface area (Å²) >= 11 is 1.33. The number of carbonyl (C=O) groups is 2. The van der Waals surface area contributed by atoms with Crippen LogP contribution in [0.2, 0.25) is 0 Å². The van der Waals surface area contributed by atoms with Gasteiger partial charge in [-0.3, -0.25) is 4.79 Å². The zero-order chi connectivity index (χ0) is 13.5. The molecule has 0 radical (unpaired) electrons. The van der Waals surface area contributed by atoms with Crippen LogP contribution in [0.15, 0.2) is 5.38 Å². The van der Waals surface area contributed by atoms with E-state index in [4.69, 9.17) is 4.74 Å². The van der Waals surface area contributed by atoms with Crippen LogP contribution in [0.4, 0.5) is 0 Å². The molecule has 1 heterocycles. The number of amides is 1. The summed E-state index contributed by atoms with van der Waals surface area (Å²) in [4.78, 5) is 28.4. The molecule has 7 heteroatoms. The quantitative estimate of drug-likeness (QED) is 0.720. The molecule has 0 aliphatic carbocycles. The van der Waals surface area contributed by atoms with Crippen LogP contribution in [0.1, 0.15) is 22.4 Å². The Morgan fingerprint density at radius 2 is 2.17 bits per heavy atom. The van der Waals surface area contributed by atoms with Gasteiger partial charge in [0.05, 0.1) is 20.3 Å². The van der Waals surface area contributed by atoms with Gasteiger partial charge in [-0.1, -0.05) is 0 Å². The second kappa shape index (κ2) is 7.07. The molecule has 0 aromatic carbocycles. The molecular formula is C11H16N2O4S. The Labute approximate surface area is 110 Å². The first-order valence-electron chi connectivity index (χ1n) is 5.35. The van der Waals surface area contributed by atoms with Crippen LogP contribution >= 0.6 is 11.3 Å². The van der Waals surface area contributed by atoms with Gasteiger partial charge in [0.1, 0.15) is 5.01 Å². The Kier molecular flexibility index (Phi) is 5.73. The van der Waals surface area contributed by atoms with Gasteiger partial charge in [0.25, 0.3) is 0 Å². The van der Waals surface area contributed by atoms with Crippen molar-refractivity contribution < 1.29 is 19.1 Å². The Morgan fingerprint density at radius 3 is 2.72 bits per heavy atom. The summed E-state index contributed by atoms with van der Waals surface area (Å²) in [6.45, 7) is 2.83. The third kappa shape index (κ3) is 4.08. The maximum Gasteiger partial charge on any atom is 0.357 e. The first kappa shape index (κ1) is 14.6. The molecule has 0 saturated carbocycles. The molecule has 1 amide bonds. The highest BCUT2D eigenvalue weighted by Gasteiger charge is 2.14. The van der Waals surface area contributed by atoms with Crippen molar-refractivity contribution in [2.24, 2.45) is 0 Å². The lowest BCUT2D eigenvalue weighted by Crippen LogP contribution is -2.31. The number of carbonyl (C=O) groups excluding carboxylic acids is 2. The van der Waals surface area contributed by atoms with E-state index in [-0.39, 0.29) is 11.6 Å². The number of hydrogen-bond acceptors (Lipinski definition) is 6. The number of nitrogens with zero attached hydrogens (tertiary/aromatic N) is 2. The lowest BCUT2D eigenvalue weighted by molar-refractivity contribution is -0.130. The number of methoxy groups -OCH3 is 2. The van der Waals surface area contributed by atoms with Gasteiger partial charge in [0.2, 0.25) is 5.91 Å². The summed E-state index contributed by atoms with van der Waals surface area (Å²) in [5.41, 5.74) is 0.271. The maximum atomic E-state index is 11.4. The molecule has 100 valence electrons. The van der Waals surface area contributed by atoms with E-state index in [1.165, 1.54) is 25.4 Å². The van der Waals surface area contributed by atoms with Gasteiger partial charge in [0, 0.05) is 26.0 Å². The molecule has 18 heavy (non-hydrogen) atoms. The number of rotatable bonds is 6. The minimum Gasteiger partial charge on any atom is -0.464 e. The Bertz CT molecular complexity index is 419. The molecule has 6 nitrogen and oxygen atoms in total. The molecular weight excluding hydrogens is 256 g/mol. The lowest BCUT2D eigenvalue weighted by atomic mass is 10.4. The van der Waals surface area contributed by atoms with E-state index in [0.29, 0.717) is 24.7 Å². The Morgan fingerprint density at radius 1 is 1.44 bits per heavy atom. The molecule has 1 rings (SSSR count). The van der Waals surface area contributed by atoms with Crippen molar-refractivity contribution in [3.63, 3.8) is 0 Å². The van der Waals surface area contributed by atoms with E-state index in [2.05, 4.69) is 9.72 Å². The van der Waals surface area contributed by atoms with E-state index >= 15 is 0 Å². The van der Waals surface area contributed by atoms with Crippen molar-refractivity contribution in [1.82, 2.24) is 9.88 Å².